The van der Waals surface area contributed by atoms with Gasteiger partial charge in [-0.15, -0.1) is 0 Å². The first kappa shape index (κ1) is 24.6. The molecule has 0 spiro atoms. The molecule has 0 saturated heterocycles. The van der Waals surface area contributed by atoms with Gasteiger partial charge in [0.05, 0.1) is 12.3 Å². The maximum absolute atomic E-state index is 12.4. The van der Waals surface area contributed by atoms with E-state index in [1.165, 1.54) is 17.2 Å². The fourth-order valence-corrected chi connectivity index (χ4v) is 4.16. The van der Waals surface area contributed by atoms with Crippen LogP contribution in [0.1, 0.15) is 39.0 Å². The number of phenols is 1. The van der Waals surface area contributed by atoms with Gasteiger partial charge in [-0.2, -0.15) is 10.4 Å². The highest BCUT2D eigenvalue weighted by Crippen LogP contribution is 2.24. The van der Waals surface area contributed by atoms with Gasteiger partial charge in [0, 0.05) is 37.2 Å². The van der Waals surface area contributed by atoms with Crippen LogP contribution in [-0.4, -0.2) is 28.7 Å². The number of nitrogens with zero attached hydrogens (tertiary/aromatic N) is 3. The lowest BCUT2D eigenvalue weighted by Crippen LogP contribution is -2.24. The number of rotatable bonds is 9. The molecule has 2 N–H and O–H groups in total. The van der Waals surface area contributed by atoms with Gasteiger partial charge in [0.15, 0.2) is 0 Å². The molecule has 36 heavy (non-hydrogen) atoms. The van der Waals surface area contributed by atoms with Gasteiger partial charge in [0.1, 0.15) is 5.75 Å². The average Bonchev–Trinajstić information content (AvgIpc) is 2.90. The van der Waals surface area contributed by atoms with E-state index in [1.54, 1.807) is 25.3 Å². The molecule has 0 radical (unpaired) electrons. The second-order valence-electron chi connectivity index (χ2n) is 8.66. The third-order valence-electron chi connectivity index (χ3n) is 6.06. The Bertz CT molecular complexity index is 1420. The first-order chi connectivity index (χ1) is 17.5. The van der Waals surface area contributed by atoms with Crippen molar-refractivity contribution < 1.29 is 9.90 Å². The van der Waals surface area contributed by atoms with E-state index in [2.05, 4.69) is 45.8 Å². The van der Waals surface area contributed by atoms with Crippen molar-refractivity contribution in [2.75, 3.05) is 6.54 Å². The molecule has 4 aromatic carbocycles. The van der Waals surface area contributed by atoms with Crippen molar-refractivity contribution in [1.82, 2.24) is 10.3 Å². The number of nitrogens with one attached hydrogen (secondary N) is 1. The molecular formula is C30H28N4O2. The number of amides is 1. The molecule has 1 amide bonds. The Hall–Kier alpha value is -4.47. The van der Waals surface area contributed by atoms with Crippen LogP contribution in [0.3, 0.4) is 0 Å². The smallest absolute Gasteiger partial charge is 0.271 e. The van der Waals surface area contributed by atoms with E-state index in [0.717, 1.165) is 22.9 Å². The van der Waals surface area contributed by atoms with E-state index in [1.807, 2.05) is 42.5 Å². The molecule has 0 aliphatic carbocycles. The van der Waals surface area contributed by atoms with E-state index in [0.29, 0.717) is 30.6 Å². The van der Waals surface area contributed by atoms with E-state index >= 15 is 0 Å². The summed E-state index contributed by atoms with van der Waals surface area (Å²) >= 11 is 0. The lowest BCUT2D eigenvalue weighted by molar-refractivity contribution is 0.0955. The number of aryl methyl sites for hydroxylation is 1. The number of nitriles is 1. The molecule has 0 aromatic heterocycles. The Kier molecular flexibility index (Phi) is 8.07. The number of carbonyl (C=O) groups is 1. The summed E-state index contributed by atoms with van der Waals surface area (Å²) in [5, 5.41) is 25.1. The Morgan fingerprint density at radius 2 is 1.75 bits per heavy atom. The molecule has 0 aliphatic heterocycles. The van der Waals surface area contributed by atoms with Crippen molar-refractivity contribution >= 4 is 22.9 Å². The average molecular weight is 477 g/mol. The highest BCUT2D eigenvalue weighted by Gasteiger charge is 2.11. The maximum atomic E-state index is 12.4. The fourth-order valence-electron chi connectivity index (χ4n) is 4.16. The maximum Gasteiger partial charge on any atom is 0.271 e. The zero-order valence-electron chi connectivity index (χ0n) is 20.2. The topological polar surface area (TPSA) is 88.7 Å². The number of phenolic OH excluding ortho intramolecular Hbond substituents is 1. The molecule has 0 atom stereocenters. The van der Waals surface area contributed by atoms with E-state index in [9.17, 15) is 9.90 Å². The number of aromatic hydroxyl groups is 1. The van der Waals surface area contributed by atoms with Gasteiger partial charge in [0.25, 0.3) is 5.91 Å². The molecule has 0 aliphatic rings. The first-order valence-corrected chi connectivity index (χ1v) is 11.8. The van der Waals surface area contributed by atoms with Crippen molar-refractivity contribution in [2.45, 2.75) is 26.4 Å². The van der Waals surface area contributed by atoms with Gasteiger partial charge in [-0.05, 0) is 52.6 Å². The Balaban J connectivity index is 1.53. The van der Waals surface area contributed by atoms with Gasteiger partial charge < -0.3 is 5.11 Å². The Morgan fingerprint density at radius 1 is 1.00 bits per heavy atom. The van der Waals surface area contributed by atoms with Crippen LogP contribution in [-0.2, 0) is 13.1 Å². The van der Waals surface area contributed by atoms with E-state index in [-0.39, 0.29) is 11.7 Å². The second-order valence-corrected chi connectivity index (χ2v) is 8.66. The lowest BCUT2D eigenvalue weighted by atomic mass is 9.99. The normalized spacial score (nSPS) is 11.1. The van der Waals surface area contributed by atoms with Crippen LogP contribution in [0.15, 0.2) is 90.0 Å². The van der Waals surface area contributed by atoms with Gasteiger partial charge in [-0.1, -0.05) is 66.7 Å². The number of hydrogen-bond acceptors (Lipinski definition) is 5. The van der Waals surface area contributed by atoms with Crippen molar-refractivity contribution in [1.29, 1.82) is 5.26 Å². The number of fused-ring (bicyclic) bond motifs is 1. The summed E-state index contributed by atoms with van der Waals surface area (Å²) in [7, 11) is 0. The molecule has 0 fully saturated rings. The summed E-state index contributed by atoms with van der Waals surface area (Å²) in [5.74, 6) is -0.194. The molecule has 4 rings (SSSR count). The Morgan fingerprint density at radius 3 is 2.50 bits per heavy atom. The quantitative estimate of drug-likeness (QED) is 0.245. The largest absolute Gasteiger partial charge is 0.508 e. The summed E-state index contributed by atoms with van der Waals surface area (Å²) in [6, 6.07) is 29.4. The minimum absolute atomic E-state index is 0.150. The molecule has 6 heteroatoms. The fraction of sp³-hybridized carbons (Fsp3) is 0.167. The number of benzene rings is 4. The monoisotopic (exact) mass is 476 g/mol. The SMILES string of the molecule is Cc1cc(C(=O)N/N=C/c2ccc(CN(CCC#N)Cc3ccccc3)c3ccccc23)ccc1O. The number of carbonyl (C=O) groups excluding carboxylic acids is 1. The van der Waals surface area contributed by atoms with Gasteiger partial charge in [-0.3, -0.25) is 9.69 Å². The standard InChI is InChI=1S/C30H28N4O2/c1-22-18-24(14-15-29(22)35)30(36)33-32-19-25-12-13-26(28-11-6-5-10-27(25)28)21-34(17-7-16-31)20-23-8-3-2-4-9-23/h2-6,8-15,18-19,35H,7,17,20-21H2,1H3,(H,33,36)/b32-19+. The van der Waals surface area contributed by atoms with Crippen LogP contribution in [0, 0.1) is 18.3 Å². The van der Waals surface area contributed by atoms with Crippen molar-refractivity contribution in [2.24, 2.45) is 5.10 Å². The van der Waals surface area contributed by atoms with E-state index in [4.69, 9.17) is 5.26 Å². The molecule has 0 unspecified atom stereocenters. The molecule has 0 heterocycles. The first-order valence-electron chi connectivity index (χ1n) is 11.8. The highest BCUT2D eigenvalue weighted by molar-refractivity contribution is 6.02. The summed E-state index contributed by atoms with van der Waals surface area (Å²) in [6.45, 7) is 3.91. The molecular weight excluding hydrogens is 448 g/mol. The molecule has 4 aromatic rings. The minimum atomic E-state index is -0.343. The Labute approximate surface area is 211 Å². The zero-order chi connectivity index (χ0) is 25.3. The van der Waals surface area contributed by atoms with Crippen LogP contribution in [0.25, 0.3) is 10.8 Å². The molecule has 180 valence electrons. The van der Waals surface area contributed by atoms with Gasteiger partial charge in [-0.25, -0.2) is 5.43 Å². The lowest BCUT2D eigenvalue weighted by Gasteiger charge is -2.22. The van der Waals surface area contributed by atoms with E-state index < -0.39 is 0 Å². The van der Waals surface area contributed by atoms with Crippen molar-refractivity contribution in [3.8, 4) is 11.8 Å². The van der Waals surface area contributed by atoms with Crippen LogP contribution < -0.4 is 5.43 Å². The summed E-state index contributed by atoms with van der Waals surface area (Å²) < 4.78 is 0. The molecule has 0 bridgehead atoms. The van der Waals surface area contributed by atoms with Crippen LogP contribution in [0.2, 0.25) is 0 Å². The summed E-state index contributed by atoms with van der Waals surface area (Å²) in [4.78, 5) is 14.7. The predicted molar refractivity (Wildman–Crippen MR) is 143 cm³/mol. The third kappa shape index (κ3) is 6.15. The van der Waals surface area contributed by atoms with Gasteiger partial charge >= 0.3 is 0 Å². The summed E-state index contributed by atoms with van der Waals surface area (Å²) in [6.07, 6.45) is 2.12. The predicted octanol–water partition coefficient (Wildman–Crippen LogP) is 5.53. The van der Waals surface area contributed by atoms with Crippen LogP contribution in [0.5, 0.6) is 5.75 Å². The molecule has 6 nitrogen and oxygen atoms in total. The highest BCUT2D eigenvalue weighted by atomic mass is 16.3. The van der Waals surface area contributed by atoms with Crippen molar-refractivity contribution in [3.05, 3.63) is 113 Å². The minimum Gasteiger partial charge on any atom is -0.508 e. The summed E-state index contributed by atoms with van der Waals surface area (Å²) in [5.41, 5.74) is 6.89. The third-order valence-corrected chi connectivity index (χ3v) is 6.06. The van der Waals surface area contributed by atoms with Crippen LogP contribution in [0.4, 0.5) is 0 Å². The van der Waals surface area contributed by atoms with Crippen molar-refractivity contribution in [3.63, 3.8) is 0 Å². The second kappa shape index (κ2) is 11.8. The van der Waals surface area contributed by atoms with Crippen LogP contribution >= 0.6 is 0 Å². The molecule has 0 saturated carbocycles. The number of hydrazone groups is 1. The van der Waals surface area contributed by atoms with Gasteiger partial charge in [0.2, 0.25) is 0 Å². The zero-order valence-corrected chi connectivity index (χ0v) is 20.2. The number of hydrogen-bond donors (Lipinski definition) is 2.